The molecule has 0 spiro atoms. The molecule has 0 amide bonds. The molecule has 2 aliphatic rings. The van der Waals surface area contributed by atoms with Crippen molar-refractivity contribution in [2.45, 2.75) is 46.1 Å². The number of rotatable bonds is 5. The number of hydrogen-bond donors (Lipinski definition) is 1. The number of nitrogens with one attached hydrogen (secondary N) is 1. The average molecular weight is 243 g/mol. The molecule has 18 heavy (non-hydrogen) atoms. The van der Waals surface area contributed by atoms with E-state index in [0.29, 0.717) is 11.5 Å². The van der Waals surface area contributed by atoms with Gasteiger partial charge in [-0.05, 0) is 55.5 Å². The van der Waals surface area contributed by atoms with Gasteiger partial charge in [0.1, 0.15) is 0 Å². The summed E-state index contributed by atoms with van der Waals surface area (Å²) in [4.78, 5) is 0. The minimum absolute atomic E-state index is 0.592. The van der Waals surface area contributed by atoms with Crippen molar-refractivity contribution in [3.63, 3.8) is 0 Å². The highest BCUT2D eigenvalue weighted by molar-refractivity contribution is 5.25. The molecule has 1 N–H and O–H groups in total. The SMILES string of the molecule is Cc1ccc(C(NCC2CC2(C)C)C2CC2)cc1. The van der Waals surface area contributed by atoms with Crippen LogP contribution in [0.2, 0.25) is 0 Å². The fourth-order valence-electron chi connectivity index (χ4n) is 2.95. The van der Waals surface area contributed by atoms with Gasteiger partial charge < -0.3 is 5.32 Å². The first-order chi connectivity index (χ1) is 8.56. The summed E-state index contributed by atoms with van der Waals surface area (Å²) in [5, 5.41) is 3.83. The van der Waals surface area contributed by atoms with Gasteiger partial charge in [-0.1, -0.05) is 43.7 Å². The van der Waals surface area contributed by atoms with Crippen LogP contribution in [0.3, 0.4) is 0 Å². The molecule has 1 aromatic carbocycles. The molecular weight excluding hydrogens is 218 g/mol. The van der Waals surface area contributed by atoms with Crippen LogP contribution in [0.5, 0.6) is 0 Å². The molecule has 0 heterocycles. The highest BCUT2D eigenvalue weighted by Crippen LogP contribution is 2.51. The van der Waals surface area contributed by atoms with Crippen molar-refractivity contribution >= 4 is 0 Å². The third kappa shape index (κ3) is 2.61. The zero-order chi connectivity index (χ0) is 12.8. The standard InChI is InChI=1S/C17H25N/c1-12-4-6-13(7-5-12)16(14-8-9-14)18-11-15-10-17(15,2)3/h4-7,14-16,18H,8-11H2,1-3H3. The van der Waals surface area contributed by atoms with Gasteiger partial charge in [0.15, 0.2) is 0 Å². The van der Waals surface area contributed by atoms with E-state index in [1.165, 1.54) is 36.9 Å². The Balaban J connectivity index is 1.63. The molecule has 2 saturated carbocycles. The lowest BCUT2D eigenvalue weighted by molar-refractivity contribution is 0.438. The molecule has 0 aliphatic heterocycles. The Morgan fingerprint density at radius 3 is 2.33 bits per heavy atom. The second-order valence-corrected chi connectivity index (χ2v) is 7.02. The fraction of sp³-hybridized carbons (Fsp3) is 0.647. The van der Waals surface area contributed by atoms with Crippen LogP contribution < -0.4 is 5.32 Å². The first-order valence-corrected chi connectivity index (χ1v) is 7.36. The van der Waals surface area contributed by atoms with Crippen LogP contribution in [0.4, 0.5) is 0 Å². The molecule has 1 heteroatoms. The van der Waals surface area contributed by atoms with Crippen molar-refractivity contribution in [3.8, 4) is 0 Å². The molecule has 0 bridgehead atoms. The Hall–Kier alpha value is -0.820. The number of aryl methyl sites for hydroxylation is 1. The van der Waals surface area contributed by atoms with E-state index >= 15 is 0 Å². The molecule has 0 radical (unpaired) electrons. The molecule has 2 unspecified atom stereocenters. The van der Waals surface area contributed by atoms with E-state index in [2.05, 4.69) is 50.4 Å². The topological polar surface area (TPSA) is 12.0 Å². The van der Waals surface area contributed by atoms with Crippen LogP contribution in [0.1, 0.15) is 50.3 Å². The van der Waals surface area contributed by atoms with Gasteiger partial charge in [-0.15, -0.1) is 0 Å². The van der Waals surface area contributed by atoms with Gasteiger partial charge in [0, 0.05) is 6.04 Å². The maximum Gasteiger partial charge on any atom is 0.0348 e. The Labute approximate surface area is 111 Å². The minimum Gasteiger partial charge on any atom is -0.309 e. The summed E-state index contributed by atoms with van der Waals surface area (Å²) < 4.78 is 0. The predicted octanol–water partition coefficient (Wildman–Crippen LogP) is 4.08. The molecule has 0 aromatic heterocycles. The van der Waals surface area contributed by atoms with E-state index in [1.807, 2.05) is 0 Å². The lowest BCUT2D eigenvalue weighted by atomic mass is 10.0. The largest absolute Gasteiger partial charge is 0.309 e. The van der Waals surface area contributed by atoms with Gasteiger partial charge in [0.05, 0.1) is 0 Å². The maximum atomic E-state index is 3.83. The van der Waals surface area contributed by atoms with Gasteiger partial charge >= 0.3 is 0 Å². The summed E-state index contributed by atoms with van der Waals surface area (Å²) in [6, 6.07) is 9.70. The van der Waals surface area contributed by atoms with Crippen molar-refractivity contribution in [1.82, 2.24) is 5.32 Å². The lowest BCUT2D eigenvalue weighted by Gasteiger charge is -2.19. The normalized spacial score (nSPS) is 26.9. The van der Waals surface area contributed by atoms with E-state index in [-0.39, 0.29) is 0 Å². The van der Waals surface area contributed by atoms with Gasteiger partial charge in [0.2, 0.25) is 0 Å². The van der Waals surface area contributed by atoms with E-state index in [4.69, 9.17) is 0 Å². The number of hydrogen-bond acceptors (Lipinski definition) is 1. The molecule has 98 valence electrons. The van der Waals surface area contributed by atoms with Crippen molar-refractivity contribution in [2.75, 3.05) is 6.54 Å². The highest BCUT2D eigenvalue weighted by Gasteiger charge is 2.45. The summed E-state index contributed by atoms with van der Waals surface area (Å²) in [6.07, 6.45) is 4.20. The monoisotopic (exact) mass is 243 g/mol. The van der Waals surface area contributed by atoms with Gasteiger partial charge in [-0.3, -0.25) is 0 Å². The van der Waals surface area contributed by atoms with E-state index in [1.54, 1.807) is 0 Å². The summed E-state index contributed by atoms with van der Waals surface area (Å²) >= 11 is 0. The van der Waals surface area contributed by atoms with Crippen molar-refractivity contribution in [2.24, 2.45) is 17.3 Å². The summed E-state index contributed by atoms with van der Waals surface area (Å²) in [6.45, 7) is 8.13. The Bertz CT molecular complexity index is 414. The van der Waals surface area contributed by atoms with Crippen molar-refractivity contribution in [3.05, 3.63) is 35.4 Å². The van der Waals surface area contributed by atoms with Gasteiger partial charge in [-0.2, -0.15) is 0 Å². The molecule has 2 fully saturated rings. The summed E-state index contributed by atoms with van der Waals surface area (Å²) in [5.41, 5.74) is 3.44. The van der Waals surface area contributed by atoms with Crippen LogP contribution in [0.25, 0.3) is 0 Å². The molecule has 1 nitrogen and oxygen atoms in total. The molecule has 2 aliphatic carbocycles. The quantitative estimate of drug-likeness (QED) is 0.821. The van der Waals surface area contributed by atoms with Crippen molar-refractivity contribution in [1.29, 1.82) is 0 Å². The zero-order valence-electron chi connectivity index (χ0n) is 11.9. The third-order valence-electron chi connectivity index (χ3n) is 4.83. The highest BCUT2D eigenvalue weighted by atomic mass is 14.9. The summed E-state index contributed by atoms with van der Waals surface area (Å²) in [7, 11) is 0. The first-order valence-electron chi connectivity index (χ1n) is 7.36. The predicted molar refractivity (Wildman–Crippen MR) is 76.5 cm³/mol. The molecule has 2 atom stereocenters. The third-order valence-corrected chi connectivity index (χ3v) is 4.83. The van der Waals surface area contributed by atoms with Crippen LogP contribution in [0, 0.1) is 24.2 Å². The van der Waals surface area contributed by atoms with E-state index in [0.717, 1.165) is 11.8 Å². The Kier molecular flexibility index (Phi) is 2.97. The zero-order valence-corrected chi connectivity index (χ0v) is 11.9. The first kappa shape index (κ1) is 12.2. The van der Waals surface area contributed by atoms with Crippen LogP contribution in [-0.2, 0) is 0 Å². The van der Waals surface area contributed by atoms with Gasteiger partial charge in [-0.25, -0.2) is 0 Å². The second-order valence-electron chi connectivity index (χ2n) is 7.02. The maximum absolute atomic E-state index is 3.83. The smallest absolute Gasteiger partial charge is 0.0348 e. The number of benzene rings is 1. The Morgan fingerprint density at radius 1 is 1.22 bits per heavy atom. The minimum atomic E-state index is 0.592. The van der Waals surface area contributed by atoms with Crippen LogP contribution in [0.15, 0.2) is 24.3 Å². The molecular formula is C17H25N. The Morgan fingerprint density at radius 2 is 1.83 bits per heavy atom. The van der Waals surface area contributed by atoms with Crippen molar-refractivity contribution < 1.29 is 0 Å². The van der Waals surface area contributed by atoms with Gasteiger partial charge in [0.25, 0.3) is 0 Å². The average Bonchev–Trinajstić information content (AvgIpc) is 3.21. The van der Waals surface area contributed by atoms with Crippen LogP contribution >= 0.6 is 0 Å². The molecule has 3 rings (SSSR count). The molecule has 1 aromatic rings. The van der Waals surface area contributed by atoms with E-state index < -0.39 is 0 Å². The second kappa shape index (κ2) is 4.38. The van der Waals surface area contributed by atoms with Crippen LogP contribution in [-0.4, -0.2) is 6.54 Å². The lowest BCUT2D eigenvalue weighted by Crippen LogP contribution is -2.26. The molecule has 0 saturated heterocycles. The fourth-order valence-corrected chi connectivity index (χ4v) is 2.95. The van der Waals surface area contributed by atoms with E-state index in [9.17, 15) is 0 Å². The summed E-state index contributed by atoms with van der Waals surface area (Å²) in [5.74, 6) is 1.78.